The number of aromatic nitrogens is 1. The van der Waals surface area contributed by atoms with E-state index in [0.29, 0.717) is 10.6 Å². The van der Waals surface area contributed by atoms with Gasteiger partial charge in [0.25, 0.3) is 5.91 Å². The van der Waals surface area contributed by atoms with E-state index in [2.05, 4.69) is 4.98 Å². The zero-order valence-corrected chi connectivity index (χ0v) is 13.5. The van der Waals surface area contributed by atoms with Crippen LogP contribution in [0.1, 0.15) is 10.4 Å². The van der Waals surface area contributed by atoms with Gasteiger partial charge in [-0.05, 0) is 42.5 Å². The first-order valence-corrected chi connectivity index (χ1v) is 8.24. The van der Waals surface area contributed by atoms with Gasteiger partial charge in [-0.3, -0.25) is 14.7 Å². The maximum absolute atomic E-state index is 13.1. The first-order valence-electron chi connectivity index (χ1n) is 7.05. The van der Waals surface area contributed by atoms with Crippen molar-refractivity contribution in [3.05, 3.63) is 77.6 Å². The second-order valence-corrected chi connectivity index (χ2v) is 6.58. The van der Waals surface area contributed by atoms with E-state index in [1.165, 1.54) is 0 Å². The molecule has 112 valence electrons. The summed E-state index contributed by atoms with van der Waals surface area (Å²) in [6.07, 6.45) is 3.23. The highest BCUT2D eigenvalue weighted by atomic mass is 35.5. The van der Waals surface area contributed by atoms with Crippen molar-refractivity contribution in [2.75, 3.05) is 4.90 Å². The molecular weight excluding hydrogens is 328 g/mol. The Hall–Kier alpha value is -2.30. The normalized spacial score (nSPS) is 12.5. The van der Waals surface area contributed by atoms with Crippen LogP contribution >= 0.6 is 23.4 Å². The summed E-state index contributed by atoms with van der Waals surface area (Å²) < 4.78 is 0. The summed E-state index contributed by atoms with van der Waals surface area (Å²) in [6.45, 7) is 0. The zero-order chi connectivity index (χ0) is 15.8. The molecule has 0 bridgehead atoms. The summed E-state index contributed by atoms with van der Waals surface area (Å²) in [7, 11) is 0. The largest absolute Gasteiger partial charge is 0.275 e. The number of carbonyl (C=O) groups excluding carboxylic acids is 1. The molecule has 0 saturated heterocycles. The molecule has 1 aliphatic rings. The molecule has 23 heavy (non-hydrogen) atoms. The molecule has 1 amide bonds. The number of amides is 1. The molecule has 4 rings (SSSR count). The van der Waals surface area contributed by atoms with E-state index in [9.17, 15) is 4.79 Å². The molecule has 2 aromatic carbocycles. The van der Waals surface area contributed by atoms with Gasteiger partial charge in [-0.15, -0.1) is 0 Å². The highest BCUT2D eigenvalue weighted by Crippen LogP contribution is 2.49. The van der Waals surface area contributed by atoms with Gasteiger partial charge in [0.05, 0.1) is 16.9 Å². The average molecular weight is 339 g/mol. The second-order valence-electron chi connectivity index (χ2n) is 5.06. The molecule has 0 saturated carbocycles. The van der Waals surface area contributed by atoms with Gasteiger partial charge in [-0.2, -0.15) is 0 Å². The summed E-state index contributed by atoms with van der Waals surface area (Å²) >= 11 is 7.80. The number of fused-ring (bicyclic) bond motifs is 2. The van der Waals surface area contributed by atoms with Crippen molar-refractivity contribution in [3.63, 3.8) is 0 Å². The van der Waals surface area contributed by atoms with E-state index in [0.717, 1.165) is 21.2 Å². The SMILES string of the molecule is O=C(c1cccnc1)N1c2ccccc2Sc2ccc(Cl)cc21. The minimum atomic E-state index is -0.116. The average Bonchev–Trinajstić information content (AvgIpc) is 2.60. The lowest BCUT2D eigenvalue weighted by molar-refractivity contribution is 0.0998. The number of pyridine rings is 1. The van der Waals surface area contributed by atoms with Crippen LogP contribution in [0.15, 0.2) is 76.8 Å². The van der Waals surface area contributed by atoms with Gasteiger partial charge in [-0.25, -0.2) is 0 Å². The van der Waals surface area contributed by atoms with Crippen LogP contribution in [-0.2, 0) is 0 Å². The molecule has 5 heteroatoms. The molecule has 3 aromatic rings. The first kappa shape index (κ1) is 14.3. The molecule has 3 nitrogen and oxygen atoms in total. The Labute approximate surface area is 142 Å². The van der Waals surface area contributed by atoms with Crippen LogP contribution in [0.2, 0.25) is 5.02 Å². The molecule has 0 unspecified atom stereocenters. The smallest absolute Gasteiger partial charge is 0.264 e. The molecule has 0 spiro atoms. The number of para-hydroxylation sites is 1. The van der Waals surface area contributed by atoms with Gasteiger partial charge in [0.1, 0.15) is 0 Å². The molecule has 0 aliphatic carbocycles. The summed E-state index contributed by atoms with van der Waals surface area (Å²) in [5, 5.41) is 0.604. The van der Waals surface area contributed by atoms with Crippen molar-refractivity contribution >= 4 is 40.6 Å². The molecule has 1 aromatic heterocycles. The third kappa shape index (κ3) is 2.50. The third-order valence-corrected chi connectivity index (χ3v) is 4.96. The van der Waals surface area contributed by atoms with Crippen molar-refractivity contribution in [2.24, 2.45) is 0 Å². The Morgan fingerprint density at radius 2 is 1.83 bits per heavy atom. The number of nitrogens with zero attached hydrogens (tertiary/aromatic N) is 2. The Morgan fingerprint density at radius 1 is 1.00 bits per heavy atom. The quantitative estimate of drug-likeness (QED) is 0.613. The summed E-state index contributed by atoms with van der Waals surface area (Å²) in [5.74, 6) is -0.116. The Balaban J connectivity index is 1.91. The Bertz CT molecular complexity index is 899. The molecular formula is C18H11ClN2OS. The van der Waals surface area contributed by atoms with Crippen LogP contribution in [0.25, 0.3) is 0 Å². The van der Waals surface area contributed by atoms with Crippen LogP contribution in [0, 0.1) is 0 Å². The minimum Gasteiger partial charge on any atom is -0.275 e. The van der Waals surface area contributed by atoms with Crippen LogP contribution in [0.3, 0.4) is 0 Å². The third-order valence-electron chi connectivity index (χ3n) is 3.60. The molecule has 1 aliphatic heterocycles. The fourth-order valence-corrected chi connectivity index (χ4v) is 3.77. The maximum atomic E-state index is 13.1. The van der Waals surface area contributed by atoms with Crippen molar-refractivity contribution in [1.82, 2.24) is 4.98 Å². The van der Waals surface area contributed by atoms with Crippen molar-refractivity contribution in [1.29, 1.82) is 0 Å². The van der Waals surface area contributed by atoms with Gasteiger partial charge >= 0.3 is 0 Å². The van der Waals surface area contributed by atoms with Gasteiger partial charge in [0.2, 0.25) is 0 Å². The Kier molecular flexibility index (Phi) is 3.56. The van der Waals surface area contributed by atoms with E-state index >= 15 is 0 Å². The maximum Gasteiger partial charge on any atom is 0.264 e. The van der Waals surface area contributed by atoms with Gasteiger partial charge in [-0.1, -0.05) is 35.5 Å². The lowest BCUT2D eigenvalue weighted by atomic mass is 10.1. The number of carbonyl (C=O) groups is 1. The summed E-state index contributed by atoms with van der Waals surface area (Å²) in [4.78, 5) is 20.9. The topological polar surface area (TPSA) is 33.2 Å². The first-order chi connectivity index (χ1) is 11.2. The predicted octanol–water partition coefficient (Wildman–Crippen LogP) is 5.18. The van der Waals surface area contributed by atoms with E-state index < -0.39 is 0 Å². The molecule has 2 heterocycles. The van der Waals surface area contributed by atoms with Gasteiger partial charge < -0.3 is 0 Å². The van der Waals surface area contributed by atoms with E-state index in [1.54, 1.807) is 41.2 Å². The zero-order valence-electron chi connectivity index (χ0n) is 11.9. The highest BCUT2D eigenvalue weighted by Gasteiger charge is 2.29. The van der Waals surface area contributed by atoms with E-state index in [4.69, 9.17) is 11.6 Å². The lowest BCUT2D eigenvalue weighted by Crippen LogP contribution is -2.28. The van der Waals surface area contributed by atoms with Crippen molar-refractivity contribution in [3.8, 4) is 0 Å². The Morgan fingerprint density at radius 3 is 2.65 bits per heavy atom. The number of rotatable bonds is 1. The monoisotopic (exact) mass is 338 g/mol. The molecule has 0 fully saturated rings. The molecule has 0 N–H and O–H groups in total. The van der Waals surface area contributed by atoms with Gasteiger partial charge in [0.15, 0.2) is 0 Å². The fraction of sp³-hybridized carbons (Fsp3) is 0. The van der Waals surface area contributed by atoms with Crippen LogP contribution < -0.4 is 4.90 Å². The van der Waals surface area contributed by atoms with Crippen molar-refractivity contribution < 1.29 is 4.79 Å². The standard InChI is InChI=1S/C18H11ClN2OS/c19-13-7-8-17-15(10-13)21(14-5-1-2-6-16(14)23-17)18(22)12-4-3-9-20-11-12/h1-11H. The summed E-state index contributed by atoms with van der Waals surface area (Å²) in [5.41, 5.74) is 2.20. The highest BCUT2D eigenvalue weighted by molar-refractivity contribution is 7.99. The van der Waals surface area contributed by atoms with E-state index in [-0.39, 0.29) is 5.91 Å². The molecule has 0 atom stereocenters. The second kappa shape index (κ2) is 5.72. The van der Waals surface area contributed by atoms with E-state index in [1.807, 2.05) is 42.5 Å². The minimum absolute atomic E-state index is 0.116. The van der Waals surface area contributed by atoms with Crippen LogP contribution in [-0.4, -0.2) is 10.9 Å². The van der Waals surface area contributed by atoms with Gasteiger partial charge in [0, 0.05) is 27.2 Å². The van der Waals surface area contributed by atoms with Crippen molar-refractivity contribution in [2.45, 2.75) is 9.79 Å². The predicted molar refractivity (Wildman–Crippen MR) is 92.7 cm³/mol. The number of anilines is 2. The van der Waals surface area contributed by atoms with Crippen LogP contribution in [0.5, 0.6) is 0 Å². The lowest BCUT2D eigenvalue weighted by Gasteiger charge is -2.31. The molecule has 0 radical (unpaired) electrons. The number of hydrogen-bond acceptors (Lipinski definition) is 3. The number of halogens is 1. The van der Waals surface area contributed by atoms with Crippen LogP contribution in [0.4, 0.5) is 11.4 Å². The number of benzene rings is 2. The fourth-order valence-electron chi connectivity index (χ4n) is 2.57. The number of hydrogen-bond donors (Lipinski definition) is 0. The summed E-state index contributed by atoms with van der Waals surface area (Å²) in [6, 6.07) is 17.0.